The van der Waals surface area contributed by atoms with E-state index in [0.717, 1.165) is 5.69 Å². The number of benzene rings is 1. The lowest BCUT2D eigenvalue weighted by Crippen LogP contribution is -2.21. The maximum absolute atomic E-state index is 11.8. The third kappa shape index (κ3) is 3.01. The van der Waals surface area contributed by atoms with Crippen LogP contribution in [0.4, 0.5) is 11.4 Å². The normalized spacial score (nSPS) is 10.2. The molecular formula is C12H15N5O2. The van der Waals surface area contributed by atoms with E-state index in [2.05, 4.69) is 20.0 Å². The first-order valence-electron chi connectivity index (χ1n) is 5.68. The fraction of sp³-hybridized carbons (Fsp3) is 0.250. The van der Waals surface area contributed by atoms with Gasteiger partial charge in [0.15, 0.2) is 5.82 Å². The first kappa shape index (κ1) is 12.9. The average Bonchev–Trinajstić information content (AvgIpc) is 2.89. The van der Waals surface area contributed by atoms with Crippen molar-refractivity contribution in [2.75, 3.05) is 25.1 Å². The fourth-order valence-corrected chi connectivity index (χ4v) is 1.56. The van der Waals surface area contributed by atoms with Crippen molar-refractivity contribution in [3.05, 3.63) is 36.0 Å². The molecule has 0 radical (unpaired) electrons. The molecule has 0 unspecified atom stereocenters. The van der Waals surface area contributed by atoms with Crippen LogP contribution in [0.2, 0.25) is 0 Å². The zero-order valence-electron chi connectivity index (χ0n) is 10.8. The van der Waals surface area contributed by atoms with E-state index in [9.17, 15) is 4.79 Å². The molecule has 3 N–H and O–H groups in total. The molecule has 0 fully saturated rings. The summed E-state index contributed by atoms with van der Waals surface area (Å²) in [5.74, 6) is 0.448. The van der Waals surface area contributed by atoms with Gasteiger partial charge in [-0.15, -0.1) is 0 Å². The standard InChI is InChI=1S/C12H15N5O2/c1-17(2)12(18)8-3-4-10(9(13)5-8)14-6-11-15-7-19-16-11/h3-5,7,14H,6,13H2,1-2H3. The van der Waals surface area contributed by atoms with Crippen LogP contribution in [0.25, 0.3) is 0 Å². The highest BCUT2D eigenvalue weighted by Crippen LogP contribution is 2.20. The molecular weight excluding hydrogens is 246 g/mol. The Labute approximate surface area is 110 Å². The maximum Gasteiger partial charge on any atom is 0.253 e. The molecule has 0 aliphatic carbocycles. The maximum atomic E-state index is 11.8. The SMILES string of the molecule is CN(C)C(=O)c1ccc(NCc2ncon2)c(N)c1. The summed E-state index contributed by atoms with van der Waals surface area (Å²) in [7, 11) is 3.39. The van der Waals surface area contributed by atoms with Gasteiger partial charge in [0.1, 0.15) is 0 Å². The Morgan fingerprint density at radius 2 is 2.26 bits per heavy atom. The summed E-state index contributed by atoms with van der Waals surface area (Å²) in [6, 6.07) is 5.12. The van der Waals surface area contributed by atoms with E-state index in [1.807, 2.05) is 0 Å². The summed E-state index contributed by atoms with van der Waals surface area (Å²) in [5.41, 5.74) is 7.67. The van der Waals surface area contributed by atoms with Gasteiger partial charge in [0.25, 0.3) is 5.91 Å². The first-order chi connectivity index (χ1) is 9.08. The van der Waals surface area contributed by atoms with Crippen molar-refractivity contribution in [2.24, 2.45) is 0 Å². The summed E-state index contributed by atoms with van der Waals surface area (Å²) in [5, 5.41) is 6.76. The van der Waals surface area contributed by atoms with Crippen molar-refractivity contribution in [1.29, 1.82) is 0 Å². The lowest BCUT2D eigenvalue weighted by Gasteiger charge is -2.12. The van der Waals surface area contributed by atoms with Gasteiger partial charge in [-0.25, -0.2) is 0 Å². The fourth-order valence-electron chi connectivity index (χ4n) is 1.56. The molecule has 2 aromatic rings. The Kier molecular flexibility index (Phi) is 3.65. The van der Waals surface area contributed by atoms with Crippen molar-refractivity contribution in [3.8, 4) is 0 Å². The van der Waals surface area contributed by atoms with E-state index >= 15 is 0 Å². The van der Waals surface area contributed by atoms with Gasteiger partial charge in [0, 0.05) is 19.7 Å². The number of nitrogens with zero attached hydrogens (tertiary/aromatic N) is 3. The summed E-state index contributed by atoms with van der Waals surface area (Å²) < 4.78 is 4.63. The van der Waals surface area contributed by atoms with Crippen molar-refractivity contribution in [1.82, 2.24) is 15.0 Å². The molecule has 0 aliphatic rings. The predicted molar refractivity (Wildman–Crippen MR) is 70.5 cm³/mol. The van der Waals surface area contributed by atoms with Crippen molar-refractivity contribution >= 4 is 17.3 Å². The van der Waals surface area contributed by atoms with Crippen LogP contribution in [0.15, 0.2) is 29.1 Å². The molecule has 0 aliphatic heterocycles. The molecule has 2 rings (SSSR count). The number of hydrogen-bond acceptors (Lipinski definition) is 6. The molecule has 1 aromatic heterocycles. The molecule has 7 nitrogen and oxygen atoms in total. The molecule has 1 heterocycles. The number of hydrogen-bond donors (Lipinski definition) is 2. The number of nitrogen functional groups attached to an aromatic ring is 1. The van der Waals surface area contributed by atoms with Crippen LogP contribution in [-0.2, 0) is 6.54 Å². The van der Waals surface area contributed by atoms with E-state index in [0.29, 0.717) is 23.6 Å². The third-order valence-corrected chi connectivity index (χ3v) is 2.55. The molecule has 1 amide bonds. The zero-order valence-corrected chi connectivity index (χ0v) is 10.8. The van der Waals surface area contributed by atoms with Crippen molar-refractivity contribution in [2.45, 2.75) is 6.54 Å². The number of rotatable bonds is 4. The molecule has 0 spiro atoms. The van der Waals surface area contributed by atoms with Crippen LogP contribution in [0.3, 0.4) is 0 Å². The molecule has 0 bridgehead atoms. The average molecular weight is 261 g/mol. The number of carbonyl (C=O) groups is 1. The second-order valence-corrected chi connectivity index (χ2v) is 4.20. The van der Waals surface area contributed by atoms with E-state index in [-0.39, 0.29) is 5.91 Å². The van der Waals surface area contributed by atoms with Crippen LogP contribution in [0, 0.1) is 0 Å². The highest BCUT2D eigenvalue weighted by atomic mass is 16.5. The molecule has 1 aromatic carbocycles. The Morgan fingerprint density at radius 1 is 1.47 bits per heavy atom. The second kappa shape index (κ2) is 5.38. The quantitative estimate of drug-likeness (QED) is 0.796. The topological polar surface area (TPSA) is 97.3 Å². The molecule has 0 saturated carbocycles. The van der Waals surface area contributed by atoms with Gasteiger partial charge in [0.2, 0.25) is 6.39 Å². The van der Waals surface area contributed by atoms with Crippen LogP contribution in [-0.4, -0.2) is 35.0 Å². The van der Waals surface area contributed by atoms with Gasteiger partial charge in [-0.2, -0.15) is 4.98 Å². The number of carbonyl (C=O) groups excluding carboxylic acids is 1. The lowest BCUT2D eigenvalue weighted by atomic mass is 10.1. The van der Waals surface area contributed by atoms with Gasteiger partial charge < -0.3 is 20.5 Å². The van der Waals surface area contributed by atoms with E-state index < -0.39 is 0 Å². The van der Waals surface area contributed by atoms with E-state index in [1.165, 1.54) is 11.3 Å². The van der Waals surface area contributed by atoms with Crippen molar-refractivity contribution < 1.29 is 9.32 Å². The van der Waals surface area contributed by atoms with Gasteiger partial charge in [-0.05, 0) is 18.2 Å². The summed E-state index contributed by atoms with van der Waals surface area (Å²) in [4.78, 5) is 17.2. The summed E-state index contributed by atoms with van der Waals surface area (Å²) in [6.45, 7) is 0.404. The number of anilines is 2. The molecule has 0 atom stereocenters. The Balaban J connectivity index is 2.09. The Bertz CT molecular complexity index is 566. The van der Waals surface area contributed by atoms with Gasteiger partial charge in [-0.3, -0.25) is 4.79 Å². The minimum Gasteiger partial charge on any atom is -0.397 e. The predicted octanol–water partition coefficient (Wildman–Crippen LogP) is 0.966. The third-order valence-electron chi connectivity index (χ3n) is 2.55. The summed E-state index contributed by atoms with van der Waals surface area (Å²) >= 11 is 0. The highest BCUT2D eigenvalue weighted by molar-refractivity contribution is 5.95. The van der Waals surface area contributed by atoms with Crippen LogP contribution < -0.4 is 11.1 Å². The lowest BCUT2D eigenvalue weighted by molar-refractivity contribution is 0.0827. The second-order valence-electron chi connectivity index (χ2n) is 4.20. The molecule has 100 valence electrons. The van der Waals surface area contributed by atoms with Gasteiger partial charge >= 0.3 is 0 Å². The number of aromatic nitrogens is 2. The Morgan fingerprint density at radius 3 is 2.84 bits per heavy atom. The van der Waals surface area contributed by atoms with E-state index in [4.69, 9.17) is 5.73 Å². The minimum absolute atomic E-state index is 0.0867. The number of nitrogens with one attached hydrogen (secondary N) is 1. The smallest absolute Gasteiger partial charge is 0.253 e. The van der Waals surface area contributed by atoms with Crippen LogP contribution in [0.5, 0.6) is 0 Å². The van der Waals surface area contributed by atoms with Gasteiger partial charge in [-0.1, -0.05) is 5.16 Å². The molecule has 19 heavy (non-hydrogen) atoms. The van der Waals surface area contributed by atoms with Crippen molar-refractivity contribution in [3.63, 3.8) is 0 Å². The van der Waals surface area contributed by atoms with Crippen LogP contribution >= 0.6 is 0 Å². The highest BCUT2D eigenvalue weighted by Gasteiger charge is 2.10. The van der Waals surface area contributed by atoms with E-state index in [1.54, 1.807) is 32.3 Å². The minimum atomic E-state index is -0.0867. The molecule has 0 saturated heterocycles. The Hall–Kier alpha value is -2.57. The van der Waals surface area contributed by atoms with Crippen LogP contribution in [0.1, 0.15) is 16.2 Å². The molecule has 7 heteroatoms. The number of nitrogens with two attached hydrogens (primary N) is 1. The zero-order chi connectivity index (χ0) is 13.8. The van der Waals surface area contributed by atoms with Gasteiger partial charge in [0.05, 0.1) is 17.9 Å². The first-order valence-corrected chi connectivity index (χ1v) is 5.68. The largest absolute Gasteiger partial charge is 0.397 e. The summed E-state index contributed by atoms with van der Waals surface area (Å²) in [6.07, 6.45) is 1.26. The number of amides is 1. The monoisotopic (exact) mass is 261 g/mol.